The van der Waals surface area contributed by atoms with Crippen molar-refractivity contribution in [2.24, 2.45) is 0 Å². The molecule has 0 spiro atoms. The van der Waals surface area contributed by atoms with Crippen molar-refractivity contribution in [1.82, 2.24) is 5.32 Å². The number of hydrogen-bond acceptors (Lipinski definition) is 5. The molecule has 434 valence electrons. The van der Waals surface area contributed by atoms with Crippen molar-refractivity contribution < 1.29 is 32.9 Å². The zero-order chi connectivity index (χ0) is 53.5. The van der Waals surface area contributed by atoms with Crippen LogP contribution in [0.5, 0.6) is 0 Å². The molecular weight excluding hydrogens is 924 g/mol. The highest BCUT2D eigenvalue weighted by atomic mass is 31.2. The van der Waals surface area contributed by atoms with E-state index in [1.807, 2.05) is 21.1 Å². The fourth-order valence-corrected chi connectivity index (χ4v) is 10.6. The van der Waals surface area contributed by atoms with E-state index in [9.17, 15) is 19.4 Å². The monoisotopic (exact) mass is 1050 g/mol. The van der Waals surface area contributed by atoms with E-state index in [2.05, 4.69) is 43.5 Å². The number of nitrogens with zero attached hydrogens (tertiary/aromatic N) is 1. The maximum absolute atomic E-state index is 13.0. The number of aliphatic hydroxyl groups is 1. The van der Waals surface area contributed by atoms with E-state index >= 15 is 0 Å². The Morgan fingerprint density at radius 2 is 0.781 bits per heavy atom. The average molecular weight is 1050 g/mol. The van der Waals surface area contributed by atoms with Gasteiger partial charge in [-0.15, -0.1) is 0 Å². The summed E-state index contributed by atoms with van der Waals surface area (Å²) in [6, 6.07) is -0.765. The standard InChI is InChI=1S/C64H127N2O6P/c1-6-8-10-12-14-16-18-20-22-24-26-27-28-29-30-31-32-33-34-35-36-37-38-39-40-41-43-45-47-49-51-53-55-57-63(67)62(61-72-73(69,70)71-60-59-66(3,4)5)65-64(68)58-56-54-52-50-48-46-44-42-25-23-21-19-17-15-13-11-9-7-2/h17,19,23,25,62-63,67H,6-16,18,20-22,24,26-61H2,1-5H3,(H-,65,68,69,70)/p+1/b19-17-,25-23-. The van der Waals surface area contributed by atoms with Crippen molar-refractivity contribution in [2.45, 2.75) is 341 Å². The van der Waals surface area contributed by atoms with Gasteiger partial charge < -0.3 is 19.8 Å². The lowest BCUT2D eigenvalue weighted by atomic mass is 10.0. The van der Waals surface area contributed by atoms with E-state index in [1.165, 1.54) is 250 Å². The summed E-state index contributed by atoms with van der Waals surface area (Å²) in [6.07, 6.45) is 71.2. The van der Waals surface area contributed by atoms with Gasteiger partial charge in [0.25, 0.3) is 0 Å². The molecule has 0 saturated heterocycles. The summed E-state index contributed by atoms with van der Waals surface area (Å²) in [5.41, 5.74) is 0. The molecule has 0 radical (unpaired) electrons. The molecule has 0 saturated carbocycles. The summed E-state index contributed by atoms with van der Waals surface area (Å²) in [4.78, 5) is 23.4. The van der Waals surface area contributed by atoms with Gasteiger partial charge in [0.05, 0.1) is 39.9 Å². The summed E-state index contributed by atoms with van der Waals surface area (Å²) < 4.78 is 23.8. The minimum Gasteiger partial charge on any atom is -0.391 e. The Morgan fingerprint density at radius 1 is 0.466 bits per heavy atom. The van der Waals surface area contributed by atoms with Gasteiger partial charge in [0.15, 0.2) is 0 Å². The van der Waals surface area contributed by atoms with Crippen LogP contribution in [0.2, 0.25) is 0 Å². The van der Waals surface area contributed by atoms with E-state index in [0.717, 1.165) is 51.4 Å². The second-order valence-electron chi connectivity index (χ2n) is 23.5. The summed E-state index contributed by atoms with van der Waals surface area (Å²) in [5, 5.41) is 14.1. The zero-order valence-electron chi connectivity index (χ0n) is 49.7. The Kier molecular flexibility index (Phi) is 54.9. The zero-order valence-corrected chi connectivity index (χ0v) is 50.5. The number of aliphatic hydroxyl groups excluding tert-OH is 1. The number of carbonyl (C=O) groups is 1. The Hall–Kier alpha value is -1.02. The van der Waals surface area contributed by atoms with Crippen LogP contribution in [-0.2, 0) is 18.4 Å². The molecule has 0 fully saturated rings. The SMILES string of the molecule is CCCCCC/C=C\C/C=C\CCCCCCCCCC(=O)NC(COP(=O)(O)OCC[N+](C)(C)C)C(O)CCCCCCCCCCCCCCCCCCCCCCCCCCCCCCCCCCC. The average Bonchev–Trinajstić information content (AvgIpc) is 3.35. The highest BCUT2D eigenvalue weighted by Gasteiger charge is 2.28. The second kappa shape index (κ2) is 55.7. The first-order valence-electron chi connectivity index (χ1n) is 32.2. The molecule has 9 heteroatoms. The predicted molar refractivity (Wildman–Crippen MR) is 318 cm³/mol. The molecule has 1 amide bonds. The third kappa shape index (κ3) is 58.5. The van der Waals surface area contributed by atoms with Gasteiger partial charge >= 0.3 is 7.82 Å². The predicted octanol–water partition coefficient (Wildman–Crippen LogP) is 19.9. The topological polar surface area (TPSA) is 105 Å². The van der Waals surface area contributed by atoms with Crippen LogP contribution in [0.4, 0.5) is 0 Å². The molecule has 3 atom stereocenters. The minimum atomic E-state index is -4.33. The van der Waals surface area contributed by atoms with Crippen LogP contribution in [0.3, 0.4) is 0 Å². The highest BCUT2D eigenvalue weighted by molar-refractivity contribution is 7.47. The minimum absolute atomic E-state index is 0.0742. The number of allylic oxidation sites excluding steroid dienone is 4. The third-order valence-corrected chi connectivity index (χ3v) is 15.9. The van der Waals surface area contributed by atoms with Gasteiger partial charge in [-0.2, -0.15) is 0 Å². The van der Waals surface area contributed by atoms with Crippen molar-refractivity contribution >= 4 is 13.7 Å². The van der Waals surface area contributed by atoms with Crippen molar-refractivity contribution in [3.8, 4) is 0 Å². The van der Waals surface area contributed by atoms with Gasteiger partial charge in [0, 0.05) is 6.42 Å². The van der Waals surface area contributed by atoms with Crippen molar-refractivity contribution in [3.05, 3.63) is 24.3 Å². The Bertz CT molecular complexity index is 1240. The smallest absolute Gasteiger partial charge is 0.391 e. The molecule has 3 N–H and O–H groups in total. The number of rotatable bonds is 60. The van der Waals surface area contributed by atoms with Gasteiger partial charge in [0.2, 0.25) is 5.91 Å². The van der Waals surface area contributed by atoms with E-state index in [-0.39, 0.29) is 19.1 Å². The first kappa shape index (κ1) is 72.0. The van der Waals surface area contributed by atoms with Gasteiger partial charge in [-0.25, -0.2) is 4.57 Å². The largest absolute Gasteiger partial charge is 0.472 e. The first-order valence-corrected chi connectivity index (χ1v) is 33.7. The molecule has 73 heavy (non-hydrogen) atoms. The molecule has 0 aliphatic heterocycles. The third-order valence-electron chi connectivity index (χ3n) is 15.0. The van der Waals surface area contributed by atoms with Crippen LogP contribution in [-0.4, -0.2) is 73.4 Å². The molecule has 0 bridgehead atoms. The summed E-state index contributed by atoms with van der Waals surface area (Å²) in [6.45, 7) is 4.91. The number of hydrogen-bond donors (Lipinski definition) is 3. The Balaban J connectivity index is 4.00. The number of phosphoric ester groups is 1. The van der Waals surface area contributed by atoms with Crippen molar-refractivity contribution in [2.75, 3.05) is 40.9 Å². The number of quaternary nitrogens is 1. The maximum Gasteiger partial charge on any atom is 0.472 e. The molecule has 0 aromatic heterocycles. The normalized spacial score (nSPS) is 13.9. The molecular formula is C64H128N2O6P+. The summed E-state index contributed by atoms with van der Waals surface area (Å²) in [5.74, 6) is -0.148. The molecule has 0 heterocycles. The molecule has 0 aliphatic carbocycles. The number of carbonyl (C=O) groups excluding carboxylic acids is 1. The van der Waals surface area contributed by atoms with Crippen LogP contribution in [0.25, 0.3) is 0 Å². The lowest BCUT2D eigenvalue weighted by Gasteiger charge is -2.26. The van der Waals surface area contributed by atoms with Crippen LogP contribution >= 0.6 is 7.82 Å². The summed E-state index contributed by atoms with van der Waals surface area (Å²) in [7, 11) is 1.62. The van der Waals surface area contributed by atoms with E-state index < -0.39 is 20.0 Å². The van der Waals surface area contributed by atoms with Crippen molar-refractivity contribution in [1.29, 1.82) is 0 Å². The van der Waals surface area contributed by atoms with Gasteiger partial charge in [0.1, 0.15) is 13.2 Å². The number of likely N-dealkylation sites (N-methyl/N-ethyl adjacent to an activating group) is 1. The summed E-state index contributed by atoms with van der Waals surface area (Å²) >= 11 is 0. The molecule has 3 unspecified atom stereocenters. The van der Waals surface area contributed by atoms with E-state index in [4.69, 9.17) is 9.05 Å². The van der Waals surface area contributed by atoms with Crippen LogP contribution < -0.4 is 5.32 Å². The van der Waals surface area contributed by atoms with E-state index in [0.29, 0.717) is 23.9 Å². The molecule has 0 rings (SSSR count). The quantitative estimate of drug-likeness (QED) is 0.0243. The molecule has 0 aromatic carbocycles. The Morgan fingerprint density at radius 3 is 1.14 bits per heavy atom. The van der Waals surface area contributed by atoms with Gasteiger partial charge in [-0.05, 0) is 44.9 Å². The van der Waals surface area contributed by atoms with Crippen LogP contribution in [0, 0.1) is 0 Å². The lowest BCUT2D eigenvalue weighted by Crippen LogP contribution is -2.46. The number of phosphoric acid groups is 1. The lowest BCUT2D eigenvalue weighted by molar-refractivity contribution is -0.870. The van der Waals surface area contributed by atoms with Crippen molar-refractivity contribution in [3.63, 3.8) is 0 Å². The fraction of sp³-hybridized carbons (Fsp3) is 0.922. The highest BCUT2D eigenvalue weighted by Crippen LogP contribution is 2.43. The van der Waals surface area contributed by atoms with Crippen LogP contribution in [0.1, 0.15) is 328 Å². The van der Waals surface area contributed by atoms with E-state index in [1.54, 1.807) is 0 Å². The number of nitrogens with one attached hydrogen (secondary N) is 1. The molecule has 0 aromatic rings. The number of unbranched alkanes of at least 4 members (excludes halogenated alkanes) is 43. The maximum atomic E-state index is 13.0. The van der Waals surface area contributed by atoms with Gasteiger partial charge in [-0.3, -0.25) is 13.8 Å². The Labute approximate surface area is 455 Å². The van der Waals surface area contributed by atoms with Crippen LogP contribution in [0.15, 0.2) is 24.3 Å². The first-order chi connectivity index (χ1) is 35.5. The molecule has 8 nitrogen and oxygen atoms in total. The van der Waals surface area contributed by atoms with Gasteiger partial charge in [-0.1, -0.05) is 301 Å². The number of amides is 1. The molecule has 0 aliphatic rings. The fourth-order valence-electron chi connectivity index (χ4n) is 9.90. The second-order valence-corrected chi connectivity index (χ2v) is 25.0.